The second-order valence-corrected chi connectivity index (χ2v) is 13.4. The summed E-state index contributed by atoms with van der Waals surface area (Å²) in [6.45, 7) is 7.44. The molecule has 0 heterocycles. The van der Waals surface area contributed by atoms with Gasteiger partial charge in [0, 0.05) is 5.41 Å². The van der Waals surface area contributed by atoms with E-state index in [9.17, 15) is 24.6 Å². The van der Waals surface area contributed by atoms with Gasteiger partial charge in [0.2, 0.25) is 0 Å². The molecule has 43 heavy (non-hydrogen) atoms. The van der Waals surface area contributed by atoms with E-state index >= 15 is 0 Å². The number of ether oxygens (including phenoxy) is 1. The van der Waals surface area contributed by atoms with Crippen molar-refractivity contribution in [2.45, 2.75) is 96.8 Å². The average Bonchev–Trinajstić information content (AvgIpc) is 3.27. The Balaban J connectivity index is 1.22. The van der Waals surface area contributed by atoms with Crippen LogP contribution in [0.25, 0.3) is 0 Å². The van der Waals surface area contributed by atoms with Crippen LogP contribution in [-0.2, 0) is 24.0 Å². The number of Topliss-reactive ketones (excluding diaryl/α,β-unsaturated/α-hetero) is 1. The van der Waals surface area contributed by atoms with Gasteiger partial charge in [-0.3, -0.25) is 9.59 Å². The molecule has 1 aromatic carbocycles. The highest BCUT2D eigenvalue weighted by Crippen LogP contribution is 2.67. The van der Waals surface area contributed by atoms with Crippen molar-refractivity contribution in [2.24, 2.45) is 33.7 Å². The third-order valence-corrected chi connectivity index (χ3v) is 11.4. The standard InChI is InChI=1S/C34H46N2O7/c1-5-42-31(40)29(30(39)22-9-7-6-8-10-22)35-28(38)20-43-36-24-13-16-32(3)23(19-24)11-12-25-26(32)14-17-33(4)27(25)15-18-34(33,41)21(2)37/h6-10,19,25-27,29-30,39,41H,5,11-18,20H2,1-4H3,(H,35,38)/b36-24+/t25-,26-,27-,29+,30-,32-,33-,34-/m0/s1. The molecule has 5 rings (SSSR count). The molecule has 0 unspecified atom stereocenters. The minimum atomic E-state index is -1.28. The molecule has 3 N–H and O–H groups in total. The zero-order valence-corrected chi connectivity index (χ0v) is 25.8. The van der Waals surface area contributed by atoms with E-state index in [4.69, 9.17) is 9.57 Å². The second kappa shape index (κ2) is 12.2. The first kappa shape index (κ1) is 31.4. The van der Waals surface area contributed by atoms with Crippen LogP contribution in [0.4, 0.5) is 0 Å². The number of hydrogen-bond donors (Lipinski definition) is 3. The Kier molecular flexibility index (Phi) is 8.87. The maximum atomic E-state index is 12.7. The molecule has 1 amide bonds. The summed E-state index contributed by atoms with van der Waals surface area (Å²) in [5, 5.41) is 29.0. The van der Waals surface area contributed by atoms with E-state index in [1.807, 2.05) is 0 Å². The molecule has 0 bridgehead atoms. The molecule has 1 aromatic rings. The Bertz CT molecular complexity index is 1290. The van der Waals surface area contributed by atoms with E-state index in [0.29, 0.717) is 29.7 Å². The van der Waals surface area contributed by atoms with E-state index in [2.05, 4.69) is 30.4 Å². The molecule has 234 valence electrons. The summed E-state index contributed by atoms with van der Waals surface area (Å²) in [7, 11) is 0. The Morgan fingerprint density at radius 2 is 1.77 bits per heavy atom. The number of esters is 1. The van der Waals surface area contributed by atoms with Crippen LogP contribution in [0.15, 0.2) is 47.1 Å². The molecule has 0 spiro atoms. The van der Waals surface area contributed by atoms with Crippen molar-refractivity contribution < 1.29 is 34.2 Å². The number of nitrogens with one attached hydrogen (secondary N) is 1. The minimum absolute atomic E-state index is 0.0397. The fourth-order valence-electron chi connectivity index (χ4n) is 8.97. The SMILES string of the molecule is CCOC(=O)[C@H](NC(=O)CO/N=C1/C=C2CC[C@H]3[C@H](CC[C@@]4(C)[C@H]3CC[C@]4(O)C(C)=O)[C@@]2(C)CC1)[C@@H](O)c1ccccc1. The van der Waals surface area contributed by atoms with Crippen LogP contribution >= 0.6 is 0 Å². The third kappa shape index (κ3) is 5.55. The number of allylic oxidation sites excluding steroid dienone is 2. The van der Waals surface area contributed by atoms with Crippen LogP contribution in [0.2, 0.25) is 0 Å². The van der Waals surface area contributed by atoms with E-state index in [0.717, 1.165) is 50.7 Å². The van der Waals surface area contributed by atoms with Gasteiger partial charge in [-0.25, -0.2) is 4.79 Å². The van der Waals surface area contributed by atoms with Gasteiger partial charge in [-0.15, -0.1) is 0 Å². The van der Waals surface area contributed by atoms with Crippen LogP contribution < -0.4 is 5.32 Å². The molecule has 8 atom stereocenters. The number of ketones is 1. The molecule has 0 aromatic heterocycles. The van der Waals surface area contributed by atoms with Crippen molar-refractivity contribution in [3.63, 3.8) is 0 Å². The number of carbonyl (C=O) groups is 3. The van der Waals surface area contributed by atoms with Gasteiger partial charge in [0.05, 0.1) is 12.3 Å². The molecular formula is C34H46N2O7. The van der Waals surface area contributed by atoms with Gasteiger partial charge in [0.15, 0.2) is 18.4 Å². The summed E-state index contributed by atoms with van der Waals surface area (Å²) in [5.41, 5.74) is 1.13. The van der Waals surface area contributed by atoms with E-state index in [1.54, 1.807) is 44.2 Å². The first-order chi connectivity index (χ1) is 20.4. The molecule has 4 aliphatic rings. The zero-order chi connectivity index (χ0) is 31.0. The van der Waals surface area contributed by atoms with Crippen LogP contribution in [-0.4, -0.2) is 58.4 Å². The lowest BCUT2D eigenvalue weighted by Crippen LogP contribution is -2.57. The second-order valence-electron chi connectivity index (χ2n) is 13.4. The number of carbonyl (C=O) groups excluding carboxylic acids is 3. The Morgan fingerprint density at radius 1 is 1.05 bits per heavy atom. The topological polar surface area (TPSA) is 135 Å². The number of nitrogens with zero attached hydrogens (tertiary/aromatic N) is 1. The number of aliphatic hydroxyl groups excluding tert-OH is 1. The summed E-state index contributed by atoms with van der Waals surface area (Å²) < 4.78 is 5.08. The van der Waals surface area contributed by atoms with E-state index in [-0.39, 0.29) is 23.2 Å². The summed E-state index contributed by atoms with van der Waals surface area (Å²) >= 11 is 0. The minimum Gasteiger partial charge on any atom is -0.464 e. The number of oxime groups is 1. The third-order valence-electron chi connectivity index (χ3n) is 11.4. The smallest absolute Gasteiger partial charge is 0.331 e. The number of benzene rings is 1. The van der Waals surface area contributed by atoms with Gasteiger partial charge >= 0.3 is 5.97 Å². The number of amides is 1. The van der Waals surface area contributed by atoms with Crippen molar-refractivity contribution in [1.29, 1.82) is 0 Å². The molecule has 0 aliphatic heterocycles. The summed E-state index contributed by atoms with van der Waals surface area (Å²) in [6, 6.07) is 7.36. The molecule has 9 heteroatoms. The first-order valence-corrected chi connectivity index (χ1v) is 15.8. The van der Waals surface area contributed by atoms with E-state index < -0.39 is 36.2 Å². The monoisotopic (exact) mass is 594 g/mol. The van der Waals surface area contributed by atoms with Crippen molar-refractivity contribution in [2.75, 3.05) is 13.2 Å². The number of rotatable bonds is 9. The highest BCUT2D eigenvalue weighted by atomic mass is 16.6. The molecule has 0 radical (unpaired) electrons. The van der Waals surface area contributed by atoms with Gasteiger partial charge in [-0.05, 0) is 100 Å². The van der Waals surface area contributed by atoms with Crippen LogP contribution in [0.3, 0.4) is 0 Å². The highest BCUT2D eigenvalue weighted by Gasteiger charge is 2.65. The highest BCUT2D eigenvalue weighted by molar-refractivity contribution is 5.96. The van der Waals surface area contributed by atoms with Crippen molar-refractivity contribution >= 4 is 23.4 Å². The fourth-order valence-corrected chi connectivity index (χ4v) is 8.97. The lowest BCUT2D eigenvalue weighted by Gasteiger charge is -2.59. The van der Waals surface area contributed by atoms with Crippen LogP contribution in [0, 0.1) is 28.6 Å². The molecule has 3 fully saturated rings. The number of hydrogen-bond acceptors (Lipinski definition) is 8. The number of aliphatic hydroxyl groups is 2. The van der Waals surface area contributed by atoms with Gasteiger partial charge in [-0.1, -0.05) is 54.9 Å². The Labute approximate surface area is 254 Å². The molecular weight excluding hydrogens is 548 g/mol. The van der Waals surface area contributed by atoms with Crippen molar-refractivity contribution in [1.82, 2.24) is 5.32 Å². The lowest BCUT2D eigenvalue weighted by molar-refractivity contribution is -0.159. The van der Waals surface area contributed by atoms with Crippen LogP contribution in [0.5, 0.6) is 0 Å². The maximum Gasteiger partial charge on any atom is 0.331 e. The first-order valence-electron chi connectivity index (χ1n) is 15.8. The predicted molar refractivity (Wildman–Crippen MR) is 161 cm³/mol. The molecule has 9 nitrogen and oxygen atoms in total. The van der Waals surface area contributed by atoms with Gasteiger partial charge < -0.3 is 25.1 Å². The molecule has 0 saturated heterocycles. The molecule has 3 saturated carbocycles. The maximum absolute atomic E-state index is 12.7. The van der Waals surface area contributed by atoms with E-state index in [1.165, 1.54) is 5.57 Å². The van der Waals surface area contributed by atoms with Gasteiger partial charge in [0.1, 0.15) is 11.7 Å². The quantitative estimate of drug-likeness (QED) is 0.285. The summed E-state index contributed by atoms with van der Waals surface area (Å²) in [4.78, 5) is 43.2. The summed E-state index contributed by atoms with van der Waals surface area (Å²) in [6.07, 6.45) is 7.84. The fraction of sp³-hybridized carbons (Fsp3) is 0.647. The lowest BCUT2D eigenvalue weighted by atomic mass is 9.46. The predicted octanol–water partition coefficient (Wildman–Crippen LogP) is 4.42. The molecule has 4 aliphatic carbocycles. The zero-order valence-electron chi connectivity index (χ0n) is 25.8. The summed E-state index contributed by atoms with van der Waals surface area (Å²) in [5.74, 6) is -0.0466. The van der Waals surface area contributed by atoms with Crippen molar-refractivity contribution in [3.05, 3.63) is 47.5 Å². The Morgan fingerprint density at radius 3 is 2.47 bits per heavy atom. The van der Waals surface area contributed by atoms with Gasteiger partial charge in [-0.2, -0.15) is 0 Å². The van der Waals surface area contributed by atoms with Crippen molar-refractivity contribution in [3.8, 4) is 0 Å². The van der Waals surface area contributed by atoms with Crippen LogP contribution in [0.1, 0.15) is 90.7 Å². The largest absolute Gasteiger partial charge is 0.464 e. The Hall–Kier alpha value is -3.04. The average molecular weight is 595 g/mol. The normalized spacial score (nSPS) is 35.4. The van der Waals surface area contributed by atoms with Gasteiger partial charge in [0.25, 0.3) is 5.91 Å². The number of fused-ring (bicyclic) bond motifs is 5.